The Bertz CT molecular complexity index is 1620. The minimum absolute atomic E-state index is 0.0807. The second-order valence-corrected chi connectivity index (χ2v) is 8.38. The van der Waals surface area contributed by atoms with Crippen LogP contribution in [0.5, 0.6) is 5.75 Å². The van der Waals surface area contributed by atoms with E-state index in [4.69, 9.17) is 14.2 Å². The zero-order valence-corrected chi connectivity index (χ0v) is 18.7. The molecule has 1 aliphatic rings. The molecule has 0 unspecified atom stereocenters. The number of rotatable bonds is 6. The molecule has 5 aromatic rings. The van der Waals surface area contributed by atoms with Crippen LogP contribution in [0.3, 0.4) is 0 Å². The van der Waals surface area contributed by atoms with Gasteiger partial charge in [-0.15, -0.1) is 0 Å². The van der Waals surface area contributed by atoms with E-state index in [9.17, 15) is 14.4 Å². The molecular weight excluding hydrogens is 446 g/mol. The highest BCUT2D eigenvalue weighted by Crippen LogP contribution is 2.41. The van der Waals surface area contributed by atoms with Gasteiger partial charge in [0, 0.05) is 18.1 Å². The van der Waals surface area contributed by atoms with E-state index in [1.807, 2.05) is 65.1 Å². The molecule has 0 saturated heterocycles. The fourth-order valence-corrected chi connectivity index (χ4v) is 4.61. The van der Waals surface area contributed by atoms with Crippen molar-refractivity contribution in [2.24, 2.45) is 0 Å². The first kappa shape index (κ1) is 20.9. The van der Waals surface area contributed by atoms with E-state index >= 15 is 0 Å². The summed E-state index contributed by atoms with van der Waals surface area (Å²) < 4.78 is 17.9. The van der Waals surface area contributed by atoms with Gasteiger partial charge in [-0.05, 0) is 35.4 Å². The summed E-state index contributed by atoms with van der Waals surface area (Å²) in [6.07, 6.45) is 0. The van der Waals surface area contributed by atoms with E-state index in [-0.39, 0.29) is 23.7 Å². The molecule has 4 heterocycles. The largest absolute Gasteiger partial charge is 0.489 e. The van der Waals surface area contributed by atoms with E-state index < -0.39 is 11.9 Å². The molecule has 2 aromatic carbocycles. The van der Waals surface area contributed by atoms with Crippen LogP contribution in [-0.2, 0) is 27.5 Å². The molecule has 0 saturated carbocycles. The summed E-state index contributed by atoms with van der Waals surface area (Å²) in [5, 5.41) is 0. The second-order valence-electron chi connectivity index (χ2n) is 8.38. The van der Waals surface area contributed by atoms with Crippen LogP contribution < -0.4 is 4.74 Å². The minimum Gasteiger partial charge on any atom is -0.489 e. The van der Waals surface area contributed by atoms with Gasteiger partial charge >= 0.3 is 17.9 Å². The van der Waals surface area contributed by atoms with E-state index in [2.05, 4.69) is 0 Å². The monoisotopic (exact) mass is 465 g/mol. The van der Waals surface area contributed by atoms with Gasteiger partial charge in [-0.2, -0.15) is 0 Å². The number of pyridine rings is 1. The Kier molecular flexibility index (Phi) is 4.77. The van der Waals surface area contributed by atoms with Crippen LogP contribution in [0.15, 0.2) is 72.8 Å². The molecule has 0 spiro atoms. The highest BCUT2D eigenvalue weighted by atomic mass is 16.6. The fourth-order valence-electron chi connectivity index (χ4n) is 4.61. The topological polar surface area (TPSA) is 83.3 Å². The molecule has 1 aliphatic heterocycles. The summed E-state index contributed by atoms with van der Waals surface area (Å²) in [5.41, 5.74) is 5.92. The van der Waals surface area contributed by atoms with Gasteiger partial charge in [0.05, 0.1) is 16.6 Å². The second kappa shape index (κ2) is 7.99. The molecule has 172 valence electrons. The van der Waals surface area contributed by atoms with Crippen LogP contribution in [-0.4, -0.2) is 22.3 Å². The molecular formula is C28H19NO6. The van der Waals surface area contributed by atoms with Gasteiger partial charge in [0.2, 0.25) is 0 Å². The smallest absolute Gasteiger partial charge is 0.349 e. The number of carbonyl (C=O) groups is 3. The fraction of sp³-hybridized carbons (Fsp3) is 0.107. The van der Waals surface area contributed by atoms with Gasteiger partial charge in [0.25, 0.3) is 0 Å². The van der Waals surface area contributed by atoms with Gasteiger partial charge in [-0.25, -0.2) is 9.59 Å². The van der Waals surface area contributed by atoms with Crippen LogP contribution in [0.4, 0.5) is 0 Å². The summed E-state index contributed by atoms with van der Waals surface area (Å²) in [4.78, 5) is 36.5. The third-order valence-corrected chi connectivity index (χ3v) is 6.19. The maximum Gasteiger partial charge on any atom is 0.349 e. The molecule has 0 fully saturated rings. The standard InChI is InChI=1S/C28H19NO6/c1-16(30)33-15-19-9-12-22-24-25(28(32)35-27(24)31)26-21(13-23(19)29(22)26)18-7-10-20(11-8-18)34-14-17-5-3-2-4-6-17/h2-13H,14-15H2,1H3. The Morgan fingerprint density at radius 1 is 0.857 bits per heavy atom. The Balaban J connectivity index is 1.44. The number of nitrogens with zero attached hydrogens (tertiary/aromatic N) is 1. The first-order valence-corrected chi connectivity index (χ1v) is 11.1. The summed E-state index contributed by atoms with van der Waals surface area (Å²) in [6, 6.07) is 23.0. The normalized spacial score (nSPS) is 12.8. The average molecular weight is 465 g/mol. The predicted octanol–water partition coefficient (Wildman–Crippen LogP) is 5.15. The summed E-state index contributed by atoms with van der Waals surface area (Å²) in [7, 11) is 0. The highest BCUT2D eigenvalue weighted by molar-refractivity contribution is 6.25. The highest BCUT2D eigenvalue weighted by Gasteiger charge is 2.38. The molecule has 0 atom stereocenters. The van der Waals surface area contributed by atoms with E-state index in [0.29, 0.717) is 23.4 Å². The number of fused-ring (bicyclic) bond motifs is 3. The van der Waals surface area contributed by atoms with Crippen molar-refractivity contribution in [3.05, 3.63) is 95.1 Å². The molecule has 0 aliphatic carbocycles. The lowest BCUT2D eigenvalue weighted by Gasteiger charge is -2.07. The van der Waals surface area contributed by atoms with Crippen LogP contribution in [0, 0.1) is 0 Å². The van der Waals surface area contributed by atoms with E-state index in [0.717, 1.165) is 27.8 Å². The molecule has 35 heavy (non-hydrogen) atoms. The molecule has 6 rings (SSSR count). The van der Waals surface area contributed by atoms with Gasteiger partial charge in [0.15, 0.2) is 0 Å². The van der Waals surface area contributed by atoms with Crippen LogP contribution in [0.1, 0.15) is 38.8 Å². The Labute approximate surface area is 199 Å². The third-order valence-electron chi connectivity index (χ3n) is 6.19. The molecule has 7 nitrogen and oxygen atoms in total. The summed E-state index contributed by atoms with van der Waals surface area (Å²) in [6.45, 7) is 1.89. The van der Waals surface area contributed by atoms with Gasteiger partial charge in [-0.1, -0.05) is 48.5 Å². The number of hydrogen-bond acceptors (Lipinski definition) is 6. The zero-order valence-electron chi connectivity index (χ0n) is 18.7. The lowest BCUT2D eigenvalue weighted by atomic mass is 10.0. The molecule has 0 radical (unpaired) electrons. The zero-order chi connectivity index (χ0) is 24.1. The first-order valence-electron chi connectivity index (χ1n) is 11.1. The summed E-state index contributed by atoms with van der Waals surface area (Å²) in [5.74, 6) is -0.992. The molecule has 0 amide bonds. The lowest BCUT2D eigenvalue weighted by molar-refractivity contribution is -0.142. The molecule has 3 aromatic heterocycles. The lowest BCUT2D eigenvalue weighted by Crippen LogP contribution is -2.03. The number of cyclic esters (lactones) is 2. The van der Waals surface area contributed by atoms with Crippen molar-refractivity contribution in [3.8, 4) is 16.9 Å². The minimum atomic E-state index is -0.660. The number of benzene rings is 2. The molecule has 7 heteroatoms. The number of ether oxygens (including phenoxy) is 3. The quantitative estimate of drug-likeness (QED) is 0.255. The van der Waals surface area contributed by atoms with E-state index in [1.54, 1.807) is 12.1 Å². The van der Waals surface area contributed by atoms with Crippen molar-refractivity contribution in [3.63, 3.8) is 0 Å². The first-order chi connectivity index (χ1) is 17.0. The third kappa shape index (κ3) is 3.40. The van der Waals surface area contributed by atoms with Crippen molar-refractivity contribution >= 4 is 34.5 Å². The number of carbonyl (C=O) groups excluding carboxylic acids is 3. The Morgan fingerprint density at radius 3 is 2.34 bits per heavy atom. The van der Waals surface area contributed by atoms with Crippen molar-refractivity contribution in [1.82, 2.24) is 4.40 Å². The van der Waals surface area contributed by atoms with Crippen LogP contribution in [0.25, 0.3) is 27.7 Å². The maximum atomic E-state index is 12.6. The van der Waals surface area contributed by atoms with E-state index in [1.165, 1.54) is 6.92 Å². The van der Waals surface area contributed by atoms with Crippen molar-refractivity contribution in [2.45, 2.75) is 20.1 Å². The van der Waals surface area contributed by atoms with Crippen molar-refractivity contribution in [1.29, 1.82) is 0 Å². The van der Waals surface area contributed by atoms with Gasteiger partial charge in [-0.3, -0.25) is 4.79 Å². The Morgan fingerprint density at radius 2 is 1.60 bits per heavy atom. The van der Waals surface area contributed by atoms with Crippen LogP contribution >= 0.6 is 0 Å². The van der Waals surface area contributed by atoms with Crippen molar-refractivity contribution in [2.75, 3.05) is 0 Å². The average Bonchev–Trinajstić information content (AvgIpc) is 3.51. The molecule has 0 bridgehead atoms. The number of aromatic nitrogens is 1. The van der Waals surface area contributed by atoms with Gasteiger partial charge in [0.1, 0.15) is 30.1 Å². The van der Waals surface area contributed by atoms with Gasteiger partial charge < -0.3 is 18.6 Å². The maximum absolute atomic E-state index is 12.6. The predicted molar refractivity (Wildman–Crippen MR) is 128 cm³/mol. The summed E-state index contributed by atoms with van der Waals surface area (Å²) >= 11 is 0. The number of hydrogen-bond donors (Lipinski definition) is 0. The SMILES string of the molecule is CC(=O)OCc1ccc2c3c(c4c(-c5ccc(OCc6ccccc6)cc5)cc1n24)C(=O)OC3=O. The number of esters is 3. The molecule has 0 N–H and O–H groups in total. The van der Waals surface area contributed by atoms with Crippen LogP contribution in [0.2, 0.25) is 0 Å². The van der Waals surface area contributed by atoms with Crippen molar-refractivity contribution < 1.29 is 28.6 Å². The Hall–Kier alpha value is -4.65.